The molecule has 1 aromatic carbocycles. The van der Waals surface area contributed by atoms with Crippen molar-refractivity contribution in [3.8, 4) is 5.75 Å². The number of anilines is 1. The zero-order chi connectivity index (χ0) is 16.4. The zero-order valence-corrected chi connectivity index (χ0v) is 13.1. The first-order valence-corrected chi connectivity index (χ1v) is 7.35. The molecule has 2 aromatic rings. The van der Waals surface area contributed by atoms with Crippen LogP contribution in [-0.4, -0.2) is 22.4 Å². The van der Waals surface area contributed by atoms with Gasteiger partial charge >= 0.3 is 0 Å². The van der Waals surface area contributed by atoms with Crippen LogP contribution in [0.5, 0.6) is 5.75 Å². The number of rotatable bonds is 3. The molecule has 0 unspecified atom stereocenters. The first kappa shape index (κ1) is 15.3. The van der Waals surface area contributed by atoms with Crippen molar-refractivity contribution in [3.05, 3.63) is 53.2 Å². The number of hydrogen-bond acceptors (Lipinski definition) is 4. The van der Waals surface area contributed by atoms with Crippen molar-refractivity contribution >= 4 is 29.2 Å². The topological polar surface area (TPSA) is 80.3 Å². The molecule has 0 radical (unpaired) electrons. The molecule has 0 bridgehead atoms. The van der Waals surface area contributed by atoms with Crippen LogP contribution in [0, 0.1) is 0 Å². The van der Waals surface area contributed by atoms with Crippen molar-refractivity contribution in [1.82, 2.24) is 10.3 Å². The van der Waals surface area contributed by atoms with Gasteiger partial charge in [0.2, 0.25) is 0 Å². The first-order chi connectivity index (χ1) is 11.0. The van der Waals surface area contributed by atoms with Gasteiger partial charge < -0.3 is 15.4 Å². The lowest BCUT2D eigenvalue weighted by Crippen LogP contribution is -2.58. The summed E-state index contributed by atoms with van der Waals surface area (Å²) >= 11 is 5.82. The fraction of sp³-hybridized carbons (Fsp3) is 0.188. The van der Waals surface area contributed by atoms with Crippen molar-refractivity contribution in [2.45, 2.75) is 19.1 Å². The molecule has 1 aliphatic rings. The number of nitrogens with one attached hydrogen (secondary N) is 2. The number of benzene rings is 1. The highest BCUT2D eigenvalue weighted by Gasteiger charge is 2.47. The van der Waals surface area contributed by atoms with E-state index in [9.17, 15) is 9.59 Å². The standard InChI is InChI=1S/C16H14ClN3O3/c1-16(14(21)19-9-10-4-6-11(17)7-5-10)15(22)20-13-12(23-16)3-2-8-18-13/h2-8H,9H2,1H3,(H,19,21)(H,18,20,22)/t16-/m0/s1. The molecule has 0 fully saturated rings. The third-order valence-electron chi connectivity index (χ3n) is 3.55. The van der Waals surface area contributed by atoms with Crippen LogP contribution < -0.4 is 15.4 Å². The van der Waals surface area contributed by atoms with Crippen molar-refractivity contribution in [1.29, 1.82) is 0 Å². The average Bonchev–Trinajstić information content (AvgIpc) is 2.55. The minimum absolute atomic E-state index is 0.266. The Labute approximate surface area is 137 Å². The maximum Gasteiger partial charge on any atom is 0.279 e. The molecule has 7 heteroatoms. The van der Waals surface area contributed by atoms with Gasteiger partial charge in [-0.15, -0.1) is 0 Å². The highest BCUT2D eigenvalue weighted by atomic mass is 35.5. The van der Waals surface area contributed by atoms with Gasteiger partial charge in [0.25, 0.3) is 17.4 Å². The minimum Gasteiger partial charge on any atom is -0.464 e. The Hall–Kier alpha value is -2.60. The molecule has 2 heterocycles. The van der Waals surface area contributed by atoms with Crippen molar-refractivity contribution in [3.63, 3.8) is 0 Å². The second-order valence-corrected chi connectivity index (χ2v) is 5.69. The molecule has 0 spiro atoms. The SMILES string of the molecule is C[C@@]1(C(=O)NCc2ccc(Cl)cc2)Oc2cccnc2NC1=O. The van der Waals surface area contributed by atoms with Crippen molar-refractivity contribution < 1.29 is 14.3 Å². The number of amides is 2. The zero-order valence-electron chi connectivity index (χ0n) is 12.3. The van der Waals surface area contributed by atoms with Gasteiger partial charge in [-0.1, -0.05) is 23.7 Å². The summed E-state index contributed by atoms with van der Waals surface area (Å²) in [4.78, 5) is 28.7. The van der Waals surface area contributed by atoms with Crippen LogP contribution in [-0.2, 0) is 16.1 Å². The lowest BCUT2D eigenvalue weighted by Gasteiger charge is -2.32. The van der Waals surface area contributed by atoms with Gasteiger partial charge in [-0.2, -0.15) is 0 Å². The number of hydrogen-bond donors (Lipinski definition) is 2. The molecule has 0 aliphatic carbocycles. The molecule has 3 rings (SSSR count). The number of aromatic nitrogens is 1. The Morgan fingerprint density at radius 3 is 2.83 bits per heavy atom. The highest BCUT2D eigenvalue weighted by molar-refractivity contribution is 6.30. The summed E-state index contributed by atoms with van der Waals surface area (Å²) < 4.78 is 5.59. The van der Waals surface area contributed by atoms with Gasteiger partial charge in [0.15, 0.2) is 11.6 Å². The maximum atomic E-state index is 12.4. The molecule has 1 atom stereocenters. The highest BCUT2D eigenvalue weighted by Crippen LogP contribution is 2.31. The van der Waals surface area contributed by atoms with Crippen LogP contribution in [0.1, 0.15) is 12.5 Å². The molecule has 6 nitrogen and oxygen atoms in total. The normalized spacial score (nSPS) is 19.3. The van der Waals surface area contributed by atoms with Gasteiger partial charge in [0.1, 0.15) is 0 Å². The van der Waals surface area contributed by atoms with Crippen LogP contribution >= 0.6 is 11.6 Å². The van der Waals surface area contributed by atoms with E-state index in [1.165, 1.54) is 13.1 Å². The number of carbonyl (C=O) groups is 2. The number of nitrogens with zero attached hydrogens (tertiary/aromatic N) is 1. The lowest BCUT2D eigenvalue weighted by atomic mass is 10.0. The van der Waals surface area contributed by atoms with Gasteiger partial charge in [-0.3, -0.25) is 9.59 Å². The number of halogens is 1. The Morgan fingerprint density at radius 2 is 2.09 bits per heavy atom. The third-order valence-corrected chi connectivity index (χ3v) is 3.80. The largest absolute Gasteiger partial charge is 0.464 e. The van der Waals surface area contributed by atoms with E-state index in [1.54, 1.807) is 36.4 Å². The minimum atomic E-state index is -1.65. The number of carbonyl (C=O) groups excluding carboxylic acids is 2. The quantitative estimate of drug-likeness (QED) is 0.844. The van der Waals surface area contributed by atoms with Gasteiger partial charge in [0, 0.05) is 17.8 Å². The van der Waals surface area contributed by atoms with Crippen LogP contribution in [0.4, 0.5) is 5.82 Å². The summed E-state index contributed by atoms with van der Waals surface area (Å²) in [6, 6.07) is 10.4. The van der Waals surface area contributed by atoms with Gasteiger partial charge in [-0.25, -0.2) is 4.98 Å². The van der Waals surface area contributed by atoms with E-state index in [0.29, 0.717) is 16.6 Å². The number of pyridine rings is 1. The molecule has 2 N–H and O–H groups in total. The average molecular weight is 332 g/mol. The molecule has 0 saturated heterocycles. The summed E-state index contributed by atoms with van der Waals surface area (Å²) in [6.07, 6.45) is 1.53. The number of fused-ring (bicyclic) bond motifs is 1. The summed E-state index contributed by atoms with van der Waals surface area (Å²) in [6.45, 7) is 1.69. The third kappa shape index (κ3) is 2.98. The first-order valence-electron chi connectivity index (χ1n) is 6.97. The van der Waals surface area contributed by atoms with E-state index < -0.39 is 17.4 Å². The molecule has 1 aromatic heterocycles. The van der Waals surface area contributed by atoms with E-state index in [1.807, 2.05) is 0 Å². The fourth-order valence-corrected chi connectivity index (χ4v) is 2.29. The summed E-state index contributed by atoms with van der Waals surface area (Å²) in [7, 11) is 0. The molecule has 2 amide bonds. The predicted octanol–water partition coefficient (Wildman–Crippen LogP) is 2.14. The van der Waals surface area contributed by atoms with E-state index in [2.05, 4.69) is 15.6 Å². The van der Waals surface area contributed by atoms with E-state index in [4.69, 9.17) is 16.3 Å². The molecule has 23 heavy (non-hydrogen) atoms. The summed E-state index contributed by atoms with van der Waals surface area (Å²) in [5.74, 6) is -0.423. The fourth-order valence-electron chi connectivity index (χ4n) is 2.16. The van der Waals surface area contributed by atoms with Crippen LogP contribution in [0.2, 0.25) is 5.02 Å². The molecule has 118 valence electrons. The summed E-state index contributed by atoms with van der Waals surface area (Å²) in [5, 5.41) is 5.90. The van der Waals surface area contributed by atoms with E-state index in [-0.39, 0.29) is 6.54 Å². The predicted molar refractivity (Wildman–Crippen MR) is 85.2 cm³/mol. The maximum absolute atomic E-state index is 12.4. The van der Waals surface area contributed by atoms with Crippen molar-refractivity contribution in [2.75, 3.05) is 5.32 Å². The van der Waals surface area contributed by atoms with Crippen molar-refractivity contribution in [2.24, 2.45) is 0 Å². The lowest BCUT2D eigenvalue weighted by molar-refractivity contribution is -0.146. The molecular weight excluding hydrogens is 318 g/mol. The number of ether oxygens (including phenoxy) is 1. The van der Waals surface area contributed by atoms with Crippen LogP contribution in [0.15, 0.2) is 42.6 Å². The van der Waals surface area contributed by atoms with Gasteiger partial charge in [-0.05, 0) is 36.8 Å². The Kier molecular flexibility index (Phi) is 3.92. The van der Waals surface area contributed by atoms with Gasteiger partial charge in [0.05, 0.1) is 0 Å². The van der Waals surface area contributed by atoms with E-state index in [0.717, 1.165) is 5.56 Å². The Bertz CT molecular complexity index is 763. The molecule has 1 aliphatic heterocycles. The second kappa shape index (κ2) is 5.89. The smallest absolute Gasteiger partial charge is 0.279 e. The Morgan fingerprint density at radius 1 is 1.35 bits per heavy atom. The van der Waals surface area contributed by atoms with E-state index >= 15 is 0 Å². The Balaban J connectivity index is 1.73. The second-order valence-electron chi connectivity index (χ2n) is 5.25. The monoisotopic (exact) mass is 331 g/mol. The molecular formula is C16H14ClN3O3. The summed E-state index contributed by atoms with van der Waals surface area (Å²) in [5.41, 5.74) is -0.785. The molecule has 0 saturated carbocycles. The van der Waals surface area contributed by atoms with Crippen LogP contribution in [0.3, 0.4) is 0 Å². The van der Waals surface area contributed by atoms with Crippen LogP contribution in [0.25, 0.3) is 0 Å².